The van der Waals surface area contributed by atoms with Crippen LogP contribution >= 0.6 is 0 Å². The van der Waals surface area contributed by atoms with Crippen LogP contribution in [-0.4, -0.2) is 57.4 Å². The molecule has 0 aromatic rings. The van der Waals surface area contributed by atoms with Crippen LogP contribution in [0.1, 0.15) is 0 Å². The van der Waals surface area contributed by atoms with Crippen molar-refractivity contribution >= 4 is 5.91 Å². The Labute approximate surface area is 86.4 Å². The van der Waals surface area contributed by atoms with Crippen molar-refractivity contribution < 1.29 is 22.7 Å². The van der Waals surface area contributed by atoms with Gasteiger partial charge in [0.05, 0.1) is 13.2 Å². The minimum Gasteiger partial charge on any atom is -0.371 e. The molecule has 0 unspecified atom stereocenters. The number of hydrogen-bond acceptors (Lipinski definition) is 3. The van der Waals surface area contributed by atoms with Crippen LogP contribution in [0.5, 0.6) is 0 Å². The molecule has 0 aliphatic heterocycles. The second-order valence-corrected chi connectivity index (χ2v) is 3.13. The van der Waals surface area contributed by atoms with E-state index in [1.165, 1.54) is 4.90 Å². The topological polar surface area (TPSA) is 41.6 Å². The van der Waals surface area contributed by atoms with Crippen LogP contribution in [-0.2, 0) is 9.53 Å². The number of rotatable bonds is 6. The van der Waals surface area contributed by atoms with Crippen LogP contribution in [0.3, 0.4) is 0 Å². The summed E-state index contributed by atoms with van der Waals surface area (Å²) < 4.78 is 39.1. The Bertz CT molecular complexity index is 195. The average molecular weight is 228 g/mol. The lowest BCUT2D eigenvalue weighted by molar-refractivity contribution is -0.173. The van der Waals surface area contributed by atoms with Gasteiger partial charge in [0, 0.05) is 20.6 Å². The maximum atomic E-state index is 11.6. The highest BCUT2D eigenvalue weighted by Gasteiger charge is 2.27. The van der Waals surface area contributed by atoms with E-state index in [-0.39, 0.29) is 25.6 Å². The SMILES string of the molecule is CN(C)C(=O)CNCCOCC(F)(F)F. The minimum absolute atomic E-state index is 0.0692. The predicted octanol–water partition coefficient (Wildman–Crippen LogP) is 0.243. The molecule has 0 saturated carbocycles. The fourth-order valence-electron chi connectivity index (χ4n) is 0.686. The van der Waals surface area contributed by atoms with Crippen LogP contribution in [0.2, 0.25) is 0 Å². The van der Waals surface area contributed by atoms with E-state index >= 15 is 0 Å². The molecule has 0 aliphatic carbocycles. The summed E-state index contributed by atoms with van der Waals surface area (Å²) in [5.41, 5.74) is 0. The molecule has 1 amide bonds. The lowest BCUT2D eigenvalue weighted by Gasteiger charge is -2.11. The molecule has 0 atom stereocenters. The Balaban J connectivity index is 3.30. The number of nitrogens with zero attached hydrogens (tertiary/aromatic N) is 1. The van der Waals surface area contributed by atoms with Crippen molar-refractivity contribution in [2.75, 3.05) is 40.4 Å². The molecule has 0 heterocycles. The van der Waals surface area contributed by atoms with E-state index in [1.54, 1.807) is 14.1 Å². The third-order valence-electron chi connectivity index (χ3n) is 1.46. The first-order valence-electron chi connectivity index (χ1n) is 4.38. The molecule has 15 heavy (non-hydrogen) atoms. The average Bonchev–Trinajstić information content (AvgIpc) is 2.08. The van der Waals surface area contributed by atoms with E-state index in [4.69, 9.17) is 0 Å². The van der Waals surface area contributed by atoms with Gasteiger partial charge in [0.15, 0.2) is 0 Å². The van der Waals surface area contributed by atoms with Crippen molar-refractivity contribution in [3.05, 3.63) is 0 Å². The van der Waals surface area contributed by atoms with E-state index in [2.05, 4.69) is 10.1 Å². The second-order valence-electron chi connectivity index (χ2n) is 3.13. The number of hydrogen-bond donors (Lipinski definition) is 1. The van der Waals surface area contributed by atoms with Crippen LogP contribution < -0.4 is 5.32 Å². The second kappa shape index (κ2) is 6.62. The summed E-state index contributed by atoms with van der Waals surface area (Å²) >= 11 is 0. The number of halogens is 3. The summed E-state index contributed by atoms with van der Waals surface area (Å²) in [5.74, 6) is -0.133. The Kier molecular flexibility index (Phi) is 6.26. The number of carbonyl (C=O) groups excluding carboxylic acids is 1. The minimum atomic E-state index is -4.29. The van der Waals surface area contributed by atoms with E-state index in [0.717, 1.165) is 0 Å². The number of nitrogens with one attached hydrogen (secondary N) is 1. The number of alkyl halides is 3. The molecule has 0 spiro atoms. The highest BCUT2D eigenvalue weighted by Crippen LogP contribution is 2.13. The van der Waals surface area contributed by atoms with Crippen molar-refractivity contribution in [3.8, 4) is 0 Å². The van der Waals surface area contributed by atoms with Gasteiger partial charge in [-0.25, -0.2) is 0 Å². The summed E-state index contributed by atoms with van der Waals surface area (Å²) in [6.45, 7) is -1.01. The molecule has 0 rings (SSSR count). The van der Waals surface area contributed by atoms with E-state index < -0.39 is 12.8 Å². The van der Waals surface area contributed by atoms with Crippen molar-refractivity contribution in [1.29, 1.82) is 0 Å². The van der Waals surface area contributed by atoms with E-state index in [1.807, 2.05) is 0 Å². The zero-order valence-electron chi connectivity index (χ0n) is 8.73. The number of amides is 1. The standard InChI is InChI=1S/C8H15F3N2O2/c1-13(2)7(14)5-12-3-4-15-6-8(9,10)11/h12H,3-6H2,1-2H3. The van der Waals surface area contributed by atoms with Crippen molar-refractivity contribution in [3.63, 3.8) is 0 Å². The Morgan fingerprint density at radius 3 is 2.47 bits per heavy atom. The highest BCUT2D eigenvalue weighted by molar-refractivity contribution is 5.77. The molecule has 0 bridgehead atoms. The van der Waals surface area contributed by atoms with Crippen LogP contribution in [0.15, 0.2) is 0 Å². The number of carbonyl (C=O) groups is 1. The zero-order valence-corrected chi connectivity index (χ0v) is 8.73. The summed E-state index contributed by atoms with van der Waals surface area (Å²) in [6.07, 6.45) is -4.29. The molecular weight excluding hydrogens is 213 g/mol. The Hall–Kier alpha value is -0.820. The van der Waals surface area contributed by atoms with Crippen molar-refractivity contribution in [2.24, 2.45) is 0 Å². The first-order valence-corrected chi connectivity index (χ1v) is 4.38. The first-order chi connectivity index (χ1) is 6.83. The molecule has 0 aliphatic rings. The Morgan fingerprint density at radius 1 is 1.40 bits per heavy atom. The zero-order chi connectivity index (χ0) is 11.9. The van der Waals surface area contributed by atoms with Gasteiger partial charge in [-0.05, 0) is 0 Å². The van der Waals surface area contributed by atoms with Gasteiger partial charge in [-0.1, -0.05) is 0 Å². The molecule has 1 N–H and O–H groups in total. The van der Waals surface area contributed by atoms with Gasteiger partial charge in [-0.15, -0.1) is 0 Å². The fraction of sp³-hybridized carbons (Fsp3) is 0.875. The molecule has 0 fully saturated rings. The third kappa shape index (κ3) is 9.48. The van der Waals surface area contributed by atoms with Crippen LogP contribution in [0.4, 0.5) is 13.2 Å². The summed E-state index contributed by atoms with van der Waals surface area (Å²) in [4.78, 5) is 12.4. The maximum absolute atomic E-state index is 11.6. The van der Waals surface area contributed by atoms with Gasteiger partial charge in [-0.3, -0.25) is 4.79 Å². The molecule has 0 aromatic carbocycles. The highest BCUT2D eigenvalue weighted by atomic mass is 19.4. The van der Waals surface area contributed by atoms with E-state index in [0.29, 0.717) is 0 Å². The lowest BCUT2D eigenvalue weighted by atomic mass is 10.5. The maximum Gasteiger partial charge on any atom is 0.411 e. The molecule has 0 radical (unpaired) electrons. The monoisotopic (exact) mass is 228 g/mol. The van der Waals surface area contributed by atoms with Crippen molar-refractivity contribution in [1.82, 2.24) is 10.2 Å². The molecule has 4 nitrogen and oxygen atoms in total. The summed E-state index contributed by atoms with van der Waals surface area (Å²) in [5, 5.41) is 2.67. The first kappa shape index (κ1) is 14.2. The molecular formula is C8H15F3N2O2. The molecule has 0 saturated heterocycles. The van der Waals surface area contributed by atoms with Gasteiger partial charge in [0.2, 0.25) is 5.91 Å². The van der Waals surface area contributed by atoms with E-state index in [9.17, 15) is 18.0 Å². The lowest BCUT2D eigenvalue weighted by Crippen LogP contribution is -2.34. The van der Waals surface area contributed by atoms with Gasteiger partial charge in [-0.2, -0.15) is 13.2 Å². The summed E-state index contributed by atoms with van der Waals surface area (Å²) in [6, 6.07) is 0. The smallest absolute Gasteiger partial charge is 0.371 e. The van der Waals surface area contributed by atoms with Crippen molar-refractivity contribution in [2.45, 2.75) is 6.18 Å². The fourth-order valence-corrected chi connectivity index (χ4v) is 0.686. The Morgan fingerprint density at radius 2 is 2.00 bits per heavy atom. The quantitative estimate of drug-likeness (QED) is 0.662. The van der Waals surface area contributed by atoms with Gasteiger partial charge in [0.25, 0.3) is 0 Å². The van der Waals surface area contributed by atoms with Gasteiger partial charge < -0.3 is 15.0 Å². The summed E-state index contributed by atoms with van der Waals surface area (Å²) in [7, 11) is 3.20. The molecule has 0 aromatic heterocycles. The number of ether oxygens (including phenoxy) is 1. The van der Waals surface area contributed by atoms with Gasteiger partial charge >= 0.3 is 6.18 Å². The van der Waals surface area contributed by atoms with Crippen LogP contribution in [0, 0.1) is 0 Å². The third-order valence-corrected chi connectivity index (χ3v) is 1.46. The molecule has 90 valence electrons. The van der Waals surface area contributed by atoms with Gasteiger partial charge in [0.1, 0.15) is 6.61 Å². The normalized spacial score (nSPS) is 11.5. The largest absolute Gasteiger partial charge is 0.411 e. The number of likely N-dealkylation sites (N-methyl/N-ethyl adjacent to an activating group) is 1. The van der Waals surface area contributed by atoms with Crippen LogP contribution in [0.25, 0.3) is 0 Å². The predicted molar refractivity (Wildman–Crippen MR) is 48.4 cm³/mol. The molecule has 7 heteroatoms.